The van der Waals surface area contributed by atoms with E-state index < -0.39 is 39.9 Å². The molecule has 1 amide bonds. The first-order chi connectivity index (χ1) is 9.16. The summed E-state index contributed by atoms with van der Waals surface area (Å²) in [7, 11) is 1.19. The number of carbonyl (C=O) groups excluding carboxylic acids is 1. The molecule has 1 aromatic rings. The Kier molecular flexibility index (Phi) is 4.38. The van der Waals surface area contributed by atoms with Crippen molar-refractivity contribution in [2.24, 2.45) is 0 Å². The molecule has 0 heterocycles. The average Bonchev–Trinajstić information content (AvgIpc) is 2.34. The third-order valence-electron chi connectivity index (χ3n) is 2.94. The molecule has 0 bridgehead atoms. The van der Waals surface area contributed by atoms with Gasteiger partial charge in [0.05, 0.1) is 4.92 Å². The molecule has 0 fully saturated rings. The van der Waals surface area contributed by atoms with Crippen molar-refractivity contribution in [1.82, 2.24) is 4.90 Å². The number of carboxylic acid groups (broad SMARTS) is 1. The van der Waals surface area contributed by atoms with Gasteiger partial charge in [0, 0.05) is 12.6 Å². The zero-order chi connectivity index (χ0) is 15.6. The van der Waals surface area contributed by atoms with E-state index in [1.54, 1.807) is 0 Å². The van der Waals surface area contributed by atoms with Crippen LogP contribution >= 0.6 is 0 Å². The van der Waals surface area contributed by atoms with Crippen molar-refractivity contribution >= 4 is 17.6 Å². The van der Waals surface area contributed by atoms with Gasteiger partial charge in [-0.3, -0.25) is 14.9 Å². The maximum absolute atomic E-state index is 13.3. The first kappa shape index (κ1) is 15.5. The summed E-state index contributed by atoms with van der Waals surface area (Å²) >= 11 is 0. The molecule has 0 saturated heterocycles. The topological polar surface area (TPSA) is 101 Å². The predicted molar refractivity (Wildman–Crippen MR) is 67.0 cm³/mol. The monoisotopic (exact) mass is 284 g/mol. The van der Waals surface area contributed by atoms with E-state index in [1.165, 1.54) is 20.9 Å². The minimum atomic E-state index is -1.27. The van der Waals surface area contributed by atoms with E-state index in [0.717, 1.165) is 17.0 Å². The first-order valence-corrected chi connectivity index (χ1v) is 5.61. The molecule has 0 spiro atoms. The molecular weight excluding hydrogens is 271 g/mol. The Balaban J connectivity index is 3.35. The number of carboxylic acids is 1. The quantitative estimate of drug-likeness (QED) is 0.668. The second-order valence-corrected chi connectivity index (χ2v) is 4.31. The summed E-state index contributed by atoms with van der Waals surface area (Å²) in [6.07, 6.45) is 0. The molecule has 1 N–H and O–H groups in total. The Labute approximate surface area is 113 Å². The number of halogens is 1. The van der Waals surface area contributed by atoms with Crippen LogP contribution in [0.2, 0.25) is 0 Å². The number of hydrogen-bond acceptors (Lipinski definition) is 4. The van der Waals surface area contributed by atoms with Gasteiger partial charge in [0.1, 0.15) is 17.4 Å². The number of hydrogen-bond donors (Lipinski definition) is 1. The molecule has 0 aliphatic carbocycles. The first-order valence-electron chi connectivity index (χ1n) is 5.61. The summed E-state index contributed by atoms with van der Waals surface area (Å²) in [5.74, 6) is -2.99. The third kappa shape index (κ3) is 2.90. The number of benzene rings is 1. The van der Waals surface area contributed by atoms with Gasteiger partial charge in [-0.05, 0) is 26.0 Å². The molecule has 1 atom stereocenters. The van der Waals surface area contributed by atoms with Crippen molar-refractivity contribution in [2.45, 2.75) is 19.9 Å². The van der Waals surface area contributed by atoms with Gasteiger partial charge in [-0.1, -0.05) is 0 Å². The van der Waals surface area contributed by atoms with Gasteiger partial charge in [-0.2, -0.15) is 0 Å². The van der Waals surface area contributed by atoms with Crippen molar-refractivity contribution in [3.63, 3.8) is 0 Å². The van der Waals surface area contributed by atoms with Gasteiger partial charge in [-0.25, -0.2) is 9.18 Å². The number of nitro benzene ring substituents is 1. The van der Waals surface area contributed by atoms with Gasteiger partial charge in [0.2, 0.25) is 0 Å². The van der Waals surface area contributed by atoms with E-state index >= 15 is 0 Å². The van der Waals surface area contributed by atoms with Crippen LogP contribution in [-0.2, 0) is 4.79 Å². The molecule has 20 heavy (non-hydrogen) atoms. The molecule has 0 aromatic heterocycles. The van der Waals surface area contributed by atoms with Gasteiger partial charge in [0.25, 0.3) is 11.6 Å². The highest BCUT2D eigenvalue weighted by Crippen LogP contribution is 2.26. The van der Waals surface area contributed by atoms with E-state index in [9.17, 15) is 24.1 Å². The predicted octanol–water partition coefficient (Wildman–Crippen LogP) is 1.59. The molecular formula is C12H13FN2O5. The Hall–Kier alpha value is -2.51. The minimum Gasteiger partial charge on any atom is -0.480 e. The molecule has 1 unspecified atom stereocenters. The molecule has 0 saturated carbocycles. The van der Waals surface area contributed by atoms with Gasteiger partial charge in [0.15, 0.2) is 0 Å². The summed E-state index contributed by atoms with van der Waals surface area (Å²) < 4.78 is 13.3. The lowest BCUT2D eigenvalue weighted by molar-refractivity contribution is -0.385. The molecule has 1 rings (SSSR count). The highest BCUT2D eigenvalue weighted by Gasteiger charge is 2.30. The fourth-order valence-electron chi connectivity index (χ4n) is 1.67. The van der Waals surface area contributed by atoms with E-state index in [-0.39, 0.29) is 5.56 Å². The van der Waals surface area contributed by atoms with Crippen LogP contribution in [0.25, 0.3) is 0 Å². The molecule has 8 heteroatoms. The SMILES string of the molecule is Cc1cc(F)cc(C(=O)N(C)C(C)C(=O)O)c1[N+](=O)[O-]. The fraction of sp³-hybridized carbons (Fsp3) is 0.333. The lowest BCUT2D eigenvalue weighted by Gasteiger charge is -2.21. The molecule has 108 valence electrons. The van der Waals surface area contributed by atoms with Crippen molar-refractivity contribution in [1.29, 1.82) is 0 Å². The zero-order valence-electron chi connectivity index (χ0n) is 11.1. The number of amides is 1. The van der Waals surface area contributed by atoms with Crippen LogP contribution < -0.4 is 0 Å². The van der Waals surface area contributed by atoms with Crippen LogP contribution in [-0.4, -0.2) is 39.9 Å². The van der Waals surface area contributed by atoms with E-state index in [0.29, 0.717) is 0 Å². The molecule has 0 aliphatic heterocycles. The Morgan fingerprint density at radius 3 is 2.45 bits per heavy atom. The average molecular weight is 284 g/mol. The third-order valence-corrected chi connectivity index (χ3v) is 2.94. The Morgan fingerprint density at radius 2 is 2.00 bits per heavy atom. The van der Waals surface area contributed by atoms with Crippen LogP contribution in [0.5, 0.6) is 0 Å². The molecule has 0 radical (unpaired) electrons. The van der Waals surface area contributed by atoms with Crippen LogP contribution in [0, 0.1) is 22.9 Å². The largest absolute Gasteiger partial charge is 0.480 e. The minimum absolute atomic E-state index is 0.00488. The molecule has 1 aromatic carbocycles. The second-order valence-electron chi connectivity index (χ2n) is 4.31. The summed E-state index contributed by atoms with van der Waals surface area (Å²) in [4.78, 5) is 33.9. The van der Waals surface area contributed by atoms with Crippen LogP contribution in [0.4, 0.5) is 10.1 Å². The number of rotatable bonds is 4. The molecule has 0 aliphatic rings. The number of nitro groups is 1. The lowest BCUT2D eigenvalue weighted by atomic mass is 10.1. The molecule has 7 nitrogen and oxygen atoms in total. The zero-order valence-corrected chi connectivity index (χ0v) is 11.1. The summed E-state index contributed by atoms with van der Waals surface area (Å²) in [5, 5.41) is 19.8. The maximum atomic E-state index is 13.3. The van der Waals surface area contributed by atoms with E-state index in [2.05, 4.69) is 0 Å². The van der Waals surface area contributed by atoms with Gasteiger partial charge >= 0.3 is 5.97 Å². The summed E-state index contributed by atoms with van der Waals surface area (Å²) in [6.45, 7) is 2.55. The number of nitrogens with zero attached hydrogens (tertiary/aromatic N) is 2. The number of likely N-dealkylation sites (N-methyl/N-ethyl adjacent to an activating group) is 1. The lowest BCUT2D eigenvalue weighted by Crippen LogP contribution is -2.40. The van der Waals surface area contributed by atoms with Crippen LogP contribution in [0.15, 0.2) is 12.1 Å². The van der Waals surface area contributed by atoms with Crippen molar-refractivity contribution < 1.29 is 24.0 Å². The van der Waals surface area contributed by atoms with Gasteiger partial charge < -0.3 is 10.0 Å². The smallest absolute Gasteiger partial charge is 0.326 e. The Bertz CT molecular complexity index is 587. The van der Waals surface area contributed by atoms with E-state index in [1.807, 2.05) is 0 Å². The van der Waals surface area contributed by atoms with Crippen LogP contribution in [0.3, 0.4) is 0 Å². The van der Waals surface area contributed by atoms with Crippen molar-refractivity contribution in [3.05, 3.63) is 39.2 Å². The fourth-order valence-corrected chi connectivity index (χ4v) is 1.67. The summed E-state index contributed by atoms with van der Waals surface area (Å²) in [5.41, 5.74) is -1.00. The number of carbonyl (C=O) groups is 2. The normalized spacial score (nSPS) is 11.8. The van der Waals surface area contributed by atoms with Gasteiger partial charge in [-0.15, -0.1) is 0 Å². The van der Waals surface area contributed by atoms with Crippen molar-refractivity contribution in [3.8, 4) is 0 Å². The Morgan fingerprint density at radius 1 is 1.45 bits per heavy atom. The standard InChI is InChI=1S/C12H13FN2O5/c1-6-4-8(13)5-9(10(6)15(19)20)11(16)14(3)7(2)12(17)18/h4-5,7H,1-3H3,(H,17,18). The summed E-state index contributed by atoms with van der Waals surface area (Å²) in [6, 6.07) is 0.485. The number of aryl methyl sites for hydroxylation is 1. The van der Waals surface area contributed by atoms with E-state index in [4.69, 9.17) is 5.11 Å². The highest BCUT2D eigenvalue weighted by atomic mass is 19.1. The highest BCUT2D eigenvalue weighted by molar-refractivity contribution is 6.00. The van der Waals surface area contributed by atoms with Crippen molar-refractivity contribution in [2.75, 3.05) is 7.05 Å². The second kappa shape index (κ2) is 5.64. The number of aliphatic carboxylic acids is 1. The maximum Gasteiger partial charge on any atom is 0.326 e. The van der Waals surface area contributed by atoms with Crippen LogP contribution in [0.1, 0.15) is 22.8 Å².